The molecule has 3 atom stereocenters. The fraction of sp³-hybridized carbons (Fsp3) is 0.941. The number of nitrogens with zero attached hydrogens (tertiary/aromatic N) is 1. The third-order valence-electron chi connectivity index (χ3n) is 4.77. The summed E-state index contributed by atoms with van der Waals surface area (Å²) in [5.41, 5.74) is -0.586. The molecule has 0 aromatic heterocycles. The molecule has 1 aliphatic heterocycles. The Hall–Kier alpha value is -0.610. The molecule has 0 aliphatic carbocycles. The first-order valence-corrected chi connectivity index (χ1v) is 8.57. The molecule has 1 N–H and O–H groups in total. The molecule has 0 saturated carbocycles. The smallest absolute Gasteiger partial charge is 0.325 e. The molecule has 1 fully saturated rings. The van der Waals surface area contributed by atoms with Gasteiger partial charge in [0.15, 0.2) is 0 Å². The molecule has 0 aromatic rings. The van der Waals surface area contributed by atoms with Crippen LogP contribution in [0.5, 0.6) is 0 Å². The van der Waals surface area contributed by atoms with E-state index in [1.165, 1.54) is 39.2 Å². The first kappa shape index (κ1) is 18.4. The Balaban J connectivity index is 2.74. The maximum atomic E-state index is 12.1. The van der Waals surface area contributed by atoms with Gasteiger partial charge in [-0.05, 0) is 52.6 Å². The molecule has 1 aliphatic rings. The Morgan fingerprint density at radius 3 is 2.71 bits per heavy atom. The number of hydrogen-bond acceptors (Lipinski definition) is 4. The van der Waals surface area contributed by atoms with Crippen LogP contribution in [0.2, 0.25) is 0 Å². The number of carbonyl (C=O) groups excluding carboxylic acids is 1. The number of nitrogens with one attached hydrogen (secondary N) is 1. The van der Waals surface area contributed by atoms with Crippen LogP contribution in [0.15, 0.2) is 0 Å². The number of likely N-dealkylation sites (N-methyl/N-ethyl adjacent to an activating group) is 1. The highest BCUT2D eigenvalue weighted by molar-refractivity contribution is 5.80. The number of carbonyl (C=O) groups is 1. The largest absolute Gasteiger partial charge is 0.468 e. The number of esters is 1. The minimum absolute atomic E-state index is 0.153. The molecule has 0 amide bonds. The topological polar surface area (TPSA) is 41.6 Å². The van der Waals surface area contributed by atoms with E-state index in [1.807, 2.05) is 13.8 Å². The summed E-state index contributed by atoms with van der Waals surface area (Å²) in [5.74, 6) is -0.153. The first-order chi connectivity index (χ1) is 9.98. The number of piperidine rings is 1. The Morgan fingerprint density at radius 1 is 1.43 bits per heavy atom. The van der Waals surface area contributed by atoms with Gasteiger partial charge in [0.2, 0.25) is 0 Å². The van der Waals surface area contributed by atoms with E-state index in [4.69, 9.17) is 4.74 Å². The molecule has 1 rings (SSSR count). The summed E-state index contributed by atoms with van der Waals surface area (Å²) < 4.78 is 5.01. The summed E-state index contributed by atoms with van der Waals surface area (Å²) in [6.45, 7) is 10.5. The predicted octanol–water partition coefficient (Wildman–Crippen LogP) is 2.96. The van der Waals surface area contributed by atoms with Gasteiger partial charge in [-0.1, -0.05) is 26.7 Å². The van der Waals surface area contributed by atoms with Gasteiger partial charge in [-0.3, -0.25) is 9.69 Å². The quantitative estimate of drug-likeness (QED) is 0.700. The molecule has 1 heterocycles. The van der Waals surface area contributed by atoms with E-state index < -0.39 is 5.54 Å². The van der Waals surface area contributed by atoms with Gasteiger partial charge in [0, 0.05) is 12.1 Å². The van der Waals surface area contributed by atoms with Gasteiger partial charge in [0.25, 0.3) is 0 Å². The number of methoxy groups -OCH3 is 1. The molecule has 0 bridgehead atoms. The van der Waals surface area contributed by atoms with Crippen molar-refractivity contribution in [3.8, 4) is 0 Å². The zero-order valence-electron chi connectivity index (χ0n) is 14.6. The Bertz CT molecular complexity index is 320. The summed E-state index contributed by atoms with van der Waals surface area (Å²) >= 11 is 0. The van der Waals surface area contributed by atoms with Crippen LogP contribution in [0.4, 0.5) is 0 Å². The molecule has 0 radical (unpaired) electrons. The number of hydrogen-bond donors (Lipinski definition) is 1. The van der Waals surface area contributed by atoms with E-state index in [1.54, 1.807) is 0 Å². The van der Waals surface area contributed by atoms with Crippen LogP contribution in [0.25, 0.3) is 0 Å². The molecule has 3 unspecified atom stereocenters. The summed E-state index contributed by atoms with van der Waals surface area (Å²) in [4.78, 5) is 14.8. The van der Waals surface area contributed by atoms with E-state index in [0.29, 0.717) is 12.1 Å². The number of ether oxygens (including phenoxy) is 1. The Labute approximate surface area is 130 Å². The number of rotatable bonds is 8. The summed E-state index contributed by atoms with van der Waals surface area (Å²) in [6, 6.07) is 1.08. The van der Waals surface area contributed by atoms with Gasteiger partial charge >= 0.3 is 5.97 Å². The maximum Gasteiger partial charge on any atom is 0.325 e. The highest BCUT2D eigenvalue weighted by Gasteiger charge is 2.37. The van der Waals surface area contributed by atoms with Gasteiger partial charge in [-0.25, -0.2) is 0 Å². The average Bonchev–Trinajstić information content (AvgIpc) is 2.47. The van der Waals surface area contributed by atoms with Crippen molar-refractivity contribution in [2.45, 2.75) is 83.8 Å². The van der Waals surface area contributed by atoms with E-state index in [9.17, 15) is 4.79 Å². The van der Waals surface area contributed by atoms with Gasteiger partial charge in [-0.15, -0.1) is 0 Å². The lowest BCUT2D eigenvalue weighted by atomic mass is 9.89. The minimum Gasteiger partial charge on any atom is -0.468 e. The van der Waals surface area contributed by atoms with Crippen LogP contribution >= 0.6 is 0 Å². The van der Waals surface area contributed by atoms with Crippen molar-refractivity contribution < 1.29 is 9.53 Å². The zero-order chi connectivity index (χ0) is 15.9. The van der Waals surface area contributed by atoms with Crippen LogP contribution in [0.1, 0.15) is 66.2 Å². The fourth-order valence-corrected chi connectivity index (χ4v) is 3.80. The molecular formula is C17H34N2O2. The second-order valence-electron chi connectivity index (χ2n) is 6.58. The van der Waals surface area contributed by atoms with Crippen molar-refractivity contribution in [2.75, 3.05) is 20.2 Å². The Kier molecular flexibility index (Phi) is 7.67. The fourth-order valence-electron chi connectivity index (χ4n) is 3.80. The van der Waals surface area contributed by atoms with Crippen molar-refractivity contribution in [1.82, 2.24) is 10.2 Å². The van der Waals surface area contributed by atoms with Crippen molar-refractivity contribution in [2.24, 2.45) is 0 Å². The third-order valence-corrected chi connectivity index (χ3v) is 4.77. The van der Waals surface area contributed by atoms with Gasteiger partial charge in [-0.2, -0.15) is 0 Å². The highest BCUT2D eigenvalue weighted by atomic mass is 16.5. The first-order valence-electron chi connectivity index (χ1n) is 8.57. The second kappa shape index (κ2) is 8.74. The van der Waals surface area contributed by atoms with Gasteiger partial charge in [0.1, 0.15) is 5.54 Å². The van der Waals surface area contributed by atoms with Crippen molar-refractivity contribution >= 4 is 5.97 Å². The summed E-state index contributed by atoms with van der Waals surface area (Å²) in [5, 5.41) is 3.33. The lowest BCUT2D eigenvalue weighted by Crippen LogP contribution is -2.55. The minimum atomic E-state index is -0.586. The van der Waals surface area contributed by atoms with Crippen LogP contribution in [0.3, 0.4) is 0 Å². The molecule has 21 heavy (non-hydrogen) atoms. The molecule has 1 saturated heterocycles. The Morgan fingerprint density at radius 2 is 2.14 bits per heavy atom. The van der Waals surface area contributed by atoms with E-state index >= 15 is 0 Å². The van der Waals surface area contributed by atoms with E-state index in [0.717, 1.165) is 19.5 Å². The predicted molar refractivity (Wildman–Crippen MR) is 87.4 cm³/mol. The van der Waals surface area contributed by atoms with Gasteiger partial charge in [0.05, 0.1) is 7.11 Å². The SMILES string of the molecule is CCCC1CCCCN1C(C)CC(C)(NCC)C(=O)OC. The third kappa shape index (κ3) is 4.96. The zero-order valence-corrected chi connectivity index (χ0v) is 14.6. The lowest BCUT2D eigenvalue weighted by molar-refractivity contribution is -0.149. The normalized spacial score (nSPS) is 24.3. The van der Waals surface area contributed by atoms with Crippen molar-refractivity contribution in [1.29, 1.82) is 0 Å². The molecule has 4 heteroatoms. The second-order valence-corrected chi connectivity index (χ2v) is 6.58. The monoisotopic (exact) mass is 298 g/mol. The van der Waals surface area contributed by atoms with Gasteiger partial charge < -0.3 is 10.1 Å². The molecule has 0 aromatic carbocycles. The highest BCUT2D eigenvalue weighted by Crippen LogP contribution is 2.27. The molecule has 0 spiro atoms. The standard InChI is InChI=1S/C17H34N2O2/c1-6-10-15-11-8-9-12-19(15)14(3)13-17(4,18-7-2)16(20)21-5/h14-15,18H,6-13H2,1-5H3. The molecular weight excluding hydrogens is 264 g/mol. The number of likely N-dealkylation sites (tertiary alicyclic amines) is 1. The van der Waals surface area contributed by atoms with Crippen molar-refractivity contribution in [3.63, 3.8) is 0 Å². The lowest BCUT2D eigenvalue weighted by Gasteiger charge is -2.42. The molecule has 4 nitrogen and oxygen atoms in total. The summed E-state index contributed by atoms with van der Waals surface area (Å²) in [6.07, 6.45) is 7.22. The van der Waals surface area contributed by atoms with Crippen molar-refractivity contribution in [3.05, 3.63) is 0 Å². The maximum absolute atomic E-state index is 12.1. The van der Waals surface area contributed by atoms with Crippen LogP contribution in [-0.4, -0.2) is 48.7 Å². The van der Waals surface area contributed by atoms with Crippen LogP contribution < -0.4 is 5.32 Å². The van der Waals surface area contributed by atoms with E-state index in [2.05, 4.69) is 24.1 Å². The van der Waals surface area contributed by atoms with Crippen LogP contribution in [-0.2, 0) is 9.53 Å². The average molecular weight is 298 g/mol. The summed E-state index contributed by atoms with van der Waals surface area (Å²) in [7, 11) is 1.48. The van der Waals surface area contributed by atoms with E-state index in [-0.39, 0.29) is 5.97 Å². The molecule has 124 valence electrons. The van der Waals surface area contributed by atoms with Crippen LogP contribution in [0, 0.1) is 0 Å².